The van der Waals surface area contributed by atoms with Gasteiger partial charge in [-0.1, -0.05) is 270 Å². The van der Waals surface area contributed by atoms with Gasteiger partial charge in [0.1, 0.15) is 0 Å². The third-order valence-corrected chi connectivity index (χ3v) is 16.3. The molecule has 5 aliphatic carbocycles. The zero-order valence-corrected chi connectivity index (χ0v) is 46.1. The van der Waals surface area contributed by atoms with Crippen LogP contribution in [0, 0.1) is 25.7 Å². The van der Waals surface area contributed by atoms with Crippen LogP contribution in [-0.2, 0) is 17.3 Å². The minimum absolute atomic E-state index is 0.148. The average Bonchev–Trinajstić information content (AvgIpc) is 3.91. The number of hydrogen-bond acceptors (Lipinski definition) is 0. The molecule has 0 aromatic heterocycles. The molecule has 75 heavy (non-hydrogen) atoms. The zero-order valence-electron chi connectivity index (χ0n) is 46.1. The third-order valence-electron chi connectivity index (χ3n) is 16.3. The Kier molecular flexibility index (Phi) is 16.5. The van der Waals surface area contributed by atoms with E-state index in [1.54, 1.807) is 0 Å². The maximum absolute atomic E-state index is 3.97. The fraction of sp³-hybridized carbons (Fsp3) is 0.253. The summed E-state index contributed by atoms with van der Waals surface area (Å²) >= 11 is 0. The number of benzene rings is 6. The van der Waals surface area contributed by atoms with Crippen molar-refractivity contribution in [2.75, 3.05) is 0 Å². The summed E-state index contributed by atoms with van der Waals surface area (Å²) in [5.41, 5.74) is 26.5. The fourth-order valence-electron chi connectivity index (χ4n) is 12.5. The first-order valence-corrected chi connectivity index (χ1v) is 27.8. The molecule has 0 N–H and O–H groups in total. The summed E-state index contributed by atoms with van der Waals surface area (Å²) in [6.45, 7) is 21.8. The first-order chi connectivity index (χ1) is 36.5. The number of hydrogen-bond donors (Lipinski definition) is 0. The van der Waals surface area contributed by atoms with Crippen molar-refractivity contribution >= 4 is 11.1 Å². The van der Waals surface area contributed by atoms with E-state index >= 15 is 0 Å². The highest BCUT2D eigenvalue weighted by Crippen LogP contribution is 2.58. The van der Waals surface area contributed by atoms with Gasteiger partial charge < -0.3 is 0 Å². The van der Waals surface area contributed by atoms with Crippen LogP contribution in [0.3, 0.4) is 0 Å². The Morgan fingerprint density at radius 3 is 2.16 bits per heavy atom. The molecule has 0 heterocycles. The molecule has 0 radical (unpaired) electrons. The van der Waals surface area contributed by atoms with E-state index in [9.17, 15) is 0 Å². The van der Waals surface area contributed by atoms with Gasteiger partial charge in [0.15, 0.2) is 0 Å². The Labute approximate surface area is 451 Å². The van der Waals surface area contributed by atoms with Gasteiger partial charge in [0.05, 0.1) is 5.41 Å². The lowest BCUT2D eigenvalue weighted by Gasteiger charge is -2.37. The molecule has 0 spiro atoms. The van der Waals surface area contributed by atoms with E-state index < -0.39 is 0 Å². The molecule has 0 saturated heterocycles. The van der Waals surface area contributed by atoms with Crippen LogP contribution < -0.4 is 0 Å². The van der Waals surface area contributed by atoms with Crippen LogP contribution in [0.25, 0.3) is 33.4 Å². The second-order valence-corrected chi connectivity index (χ2v) is 21.8. The van der Waals surface area contributed by atoms with Gasteiger partial charge in [0, 0.05) is 11.3 Å². The van der Waals surface area contributed by atoms with Crippen molar-refractivity contribution in [2.24, 2.45) is 11.8 Å². The first-order valence-electron chi connectivity index (χ1n) is 27.8. The van der Waals surface area contributed by atoms with Gasteiger partial charge in [-0.2, -0.15) is 0 Å². The molecule has 0 bridgehead atoms. The van der Waals surface area contributed by atoms with Crippen LogP contribution in [0.4, 0.5) is 0 Å². The number of aryl methyl sites for hydroxylation is 3. The summed E-state index contributed by atoms with van der Waals surface area (Å²) in [5.74, 6) is 0.877. The average molecular weight is 979 g/mol. The lowest BCUT2D eigenvalue weighted by atomic mass is 9.65. The van der Waals surface area contributed by atoms with Gasteiger partial charge in [-0.05, 0) is 167 Å². The van der Waals surface area contributed by atoms with E-state index in [-0.39, 0.29) is 10.8 Å². The van der Waals surface area contributed by atoms with Crippen LogP contribution in [0.1, 0.15) is 130 Å². The highest BCUT2D eigenvalue weighted by atomic mass is 14.5. The van der Waals surface area contributed by atoms with E-state index in [0.717, 1.165) is 32.1 Å². The maximum atomic E-state index is 3.97. The molecule has 6 aromatic rings. The van der Waals surface area contributed by atoms with Crippen molar-refractivity contribution in [1.82, 2.24) is 0 Å². The second kappa shape index (κ2) is 23.5. The van der Waals surface area contributed by atoms with E-state index in [4.69, 9.17) is 0 Å². The molecular weight excluding hydrogens is 901 g/mol. The van der Waals surface area contributed by atoms with Gasteiger partial charge >= 0.3 is 0 Å². The summed E-state index contributed by atoms with van der Waals surface area (Å²) in [7, 11) is 0. The van der Waals surface area contributed by atoms with Gasteiger partial charge in [-0.25, -0.2) is 0 Å². The summed E-state index contributed by atoms with van der Waals surface area (Å²) in [4.78, 5) is 0. The molecule has 5 aliphatic rings. The number of rotatable bonds is 11. The summed E-state index contributed by atoms with van der Waals surface area (Å²) in [6, 6.07) is 51.9. The van der Waals surface area contributed by atoms with Crippen molar-refractivity contribution < 1.29 is 0 Å². The van der Waals surface area contributed by atoms with E-state index in [2.05, 4.69) is 274 Å². The minimum atomic E-state index is -0.217. The van der Waals surface area contributed by atoms with Gasteiger partial charge in [0.2, 0.25) is 0 Å². The molecule has 6 aromatic carbocycles. The summed E-state index contributed by atoms with van der Waals surface area (Å²) in [6.07, 6.45) is 37.3. The van der Waals surface area contributed by atoms with Crippen molar-refractivity contribution in [3.05, 3.63) is 297 Å². The van der Waals surface area contributed by atoms with E-state index in [1.807, 2.05) is 6.08 Å². The minimum Gasteiger partial charge on any atom is -0.0990 e. The molecule has 11 rings (SSSR count). The van der Waals surface area contributed by atoms with Gasteiger partial charge in [-0.3, -0.25) is 0 Å². The standard InChI is InChI=1S/C32H28.C25H30.C18H20/c1-23-11-10-12-24(21-23)25-19-20-31-29(22-25)28-17-8-9-18-30(28)32(31,26-13-4-2-5-14-26)27-15-6-3-7-16-27;1-6-8-12-21(5)25(23-14-10-9-13-20(23)4)24(11-7-2)22-17-15-19(3)16-18-22;1-4-7-13-10-11-15-14-8-5-6-9-16(14)18(2,3)17(15)12-13/h2,4-6,9-16,18-22H,3,7-8,17H2,1H3;6-11,13-18,20,23H,2,12H2,1,3-5H3;5-6,8-12H,4,7H2,1-3H3/b;8-6+,24-11-,25-21+;. The van der Waals surface area contributed by atoms with Gasteiger partial charge in [0.25, 0.3) is 0 Å². The normalized spacial score (nSPS) is 19.9. The Morgan fingerprint density at radius 2 is 1.43 bits per heavy atom. The molecule has 0 aliphatic heterocycles. The van der Waals surface area contributed by atoms with Crippen molar-refractivity contribution in [1.29, 1.82) is 0 Å². The van der Waals surface area contributed by atoms with Crippen LogP contribution in [0.2, 0.25) is 0 Å². The largest absolute Gasteiger partial charge is 0.0990 e. The molecule has 0 heteroatoms. The Balaban J connectivity index is 0.000000144. The predicted octanol–water partition coefficient (Wildman–Crippen LogP) is 20.5. The van der Waals surface area contributed by atoms with Crippen molar-refractivity contribution in [3.8, 4) is 22.3 Å². The van der Waals surface area contributed by atoms with Crippen LogP contribution in [0.15, 0.2) is 247 Å². The number of fused-ring (bicyclic) bond motifs is 5. The zero-order chi connectivity index (χ0) is 52.5. The molecule has 3 atom stereocenters. The Hall–Kier alpha value is -7.28. The van der Waals surface area contributed by atoms with E-state index in [0.29, 0.717) is 11.8 Å². The molecule has 0 amide bonds. The fourth-order valence-corrected chi connectivity index (χ4v) is 12.5. The monoisotopic (exact) mass is 979 g/mol. The molecule has 3 unspecified atom stereocenters. The quantitative estimate of drug-likeness (QED) is 0.0896. The van der Waals surface area contributed by atoms with Crippen LogP contribution in [0.5, 0.6) is 0 Å². The maximum Gasteiger partial charge on any atom is 0.0707 e. The molecule has 0 saturated carbocycles. The molecule has 0 fully saturated rings. The third kappa shape index (κ3) is 10.7. The van der Waals surface area contributed by atoms with Crippen LogP contribution in [-0.4, -0.2) is 0 Å². The van der Waals surface area contributed by atoms with Crippen molar-refractivity contribution in [2.45, 2.75) is 111 Å². The van der Waals surface area contributed by atoms with Crippen LogP contribution >= 0.6 is 0 Å². The lowest BCUT2D eigenvalue weighted by Crippen LogP contribution is -2.30. The highest BCUT2D eigenvalue weighted by Gasteiger charge is 2.48. The molecule has 0 nitrogen and oxygen atoms in total. The second-order valence-electron chi connectivity index (χ2n) is 21.8. The topological polar surface area (TPSA) is 0 Å². The predicted molar refractivity (Wildman–Crippen MR) is 326 cm³/mol. The highest BCUT2D eigenvalue weighted by molar-refractivity contribution is 5.91. The Morgan fingerprint density at radius 1 is 0.680 bits per heavy atom. The van der Waals surface area contributed by atoms with Gasteiger partial charge in [-0.15, -0.1) is 0 Å². The molecular formula is C75H78. The van der Waals surface area contributed by atoms with Crippen molar-refractivity contribution in [3.63, 3.8) is 0 Å². The SMILES string of the molecule is C=C/C=C(\C(=C(/C)C/C=C/C)C1C=CC=CC1C)c1ccc(C)cc1.CCCc1ccc2c(c1)C(C)(C)c1ccccc1-2.Cc1cccc(-c2ccc3c(c2)C2=C(C=CCC2)C3(C2=CCCC=C2)c2ccccc2)c1. The first kappa shape index (κ1) is 52.6. The lowest BCUT2D eigenvalue weighted by molar-refractivity contribution is 0.583. The van der Waals surface area contributed by atoms with E-state index in [1.165, 1.54) is 119 Å². The Bertz CT molecular complexity index is 3320. The smallest absolute Gasteiger partial charge is 0.0707 e. The summed E-state index contributed by atoms with van der Waals surface area (Å²) in [5, 5.41) is 0. The summed E-state index contributed by atoms with van der Waals surface area (Å²) < 4.78 is 0. The number of allylic oxidation sites excluding steroid dienone is 19. The molecule has 378 valence electrons.